The van der Waals surface area contributed by atoms with Crippen LogP contribution in [0.1, 0.15) is 56.7 Å². The normalized spacial score (nSPS) is 23.5. The molecule has 1 aliphatic carbocycles. The van der Waals surface area contributed by atoms with E-state index in [1.165, 1.54) is 32.1 Å². The lowest BCUT2D eigenvalue weighted by Gasteiger charge is -2.27. The molecule has 0 amide bonds. The average Bonchev–Trinajstić information content (AvgIpc) is 2.90. The summed E-state index contributed by atoms with van der Waals surface area (Å²) in [5.74, 6) is 1.38. The summed E-state index contributed by atoms with van der Waals surface area (Å²) < 4.78 is 5.38. The first-order valence-electron chi connectivity index (χ1n) is 7.09. The number of aromatic nitrogens is 2. The zero-order chi connectivity index (χ0) is 12.4. The zero-order valence-corrected chi connectivity index (χ0v) is 10.7. The molecule has 2 aliphatic rings. The summed E-state index contributed by atoms with van der Waals surface area (Å²) in [6, 6.07) is 0.641. The van der Waals surface area contributed by atoms with Crippen LogP contribution in [0.4, 0.5) is 6.01 Å². The molecule has 1 saturated heterocycles. The second-order valence-electron chi connectivity index (χ2n) is 5.49. The number of piperidine rings is 1. The SMILES string of the molecule is OC1CCN(c2nc(C3CCCCC3)no2)CC1. The molecule has 0 unspecified atom stereocenters. The van der Waals surface area contributed by atoms with Gasteiger partial charge in [-0.2, -0.15) is 4.98 Å². The van der Waals surface area contributed by atoms with Crippen molar-refractivity contribution in [3.63, 3.8) is 0 Å². The Bertz CT molecular complexity index is 379. The molecule has 1 aromatic heterocycles. The Morgan fingerprint density at radius 1 is 1.06 bits per heavy atom. The highest BCUT2D eigenvalue weighted by molar-refractivity contribution is 5.26. The Hall–Kier alpha value is -1.10. The fourth-order valence-corrected chi connectivity index (χ4v) is 2.94. The number of aliphatic hydroxyl groups excluding tert-OH is 1. The second kappa shape index (κ2) is 5.26. The van der Waals surface area contributed by atoms with Crippen LogP contribution < -0.4 is 4.90 Å². The summed E-state index contributed by atoms with van der Waals surface area (Å²) in [6.07, 6.45) is 7.71. The Balaban J connectivity index is 1.65. The average molecular weight is 251 g/mol. The van der Waals surface area contributed by atoms with Crippen molar-refractivity contribution in [3.8, 4) is 0 Å². The quantitative estimate of drug-likeness (QED) is 0.872. The molecule has 1 aliphatic heterocycles. The van der Waals surface area contributed by atoms with Crippen molar-refractivity contribution in [2.45, 2.75) is 57.0 Å². The van der Waals surface area contributed by atoms with Gasteiger partial charge in [0.2, 0.25) is 0 Å². The van der Waals surface area contributed by atoms with Gasteiger partial charge in [-0.15, -0.1) is 0 Å². The summed E-state index contributed by atoms with van der Waals surface area (Å²) in [7, 11) is 0. The van der Waals surface area contributed by atoms with E-state index in [1.807, 2.05) is 0 Å². The number of anilines is 1. The van der Waals surface area contributed by atoms with E-state index in [2.05, 4.69) is 15.0 Å². The molecule has 5 heteroatoms. The first-order valence-corrected chi connectivity index (χ1v) is 7.09. The predicted molar refractivity (Wildman–Crippen MR) is 67.6 cm³/mol. The molecular formula is C13H21N3O2. The molecule has 0 atom stereocenters. The summed E-state index contributed by atoms with van der Waals surface area (Å²) in [5, 5.41) is 13.6. The molecule has 5 nitrogen and oxygen atoms in total. The third-order valence-corrected chi connectivity index (χ3v) is 4.14. The van der Waals surface area contributed by atoms with Gasteiger partial charge in [0, 0.05) is 19.0 Å². The first kappa shape index (κ1) is 12.0. The van der Waals surface area contributed by atoms with Crippen LogP contribution in [0.2, 0.25) is 0 Å². The van der Waals surface area contributed by atoms with E-state index in [0.29, 0.717) is 11.9 Å². The van der Waals surface area contributed by atoms with Crippen molar-refractivity contribution >= 4 is 6.01 Å². The van der Waals surface area contributed by atoms with Gasteiger partial charge >= 0.3 is 6.01 Å². The summed E-state index contributed by atoms with van der Waals surface area (Å²) in [4.78, 5) is 6.64. The van der Waals surface area contributed by atoms with Crippen LogP contribution in [0.5, 0.6) is 0 Å². The van der Waals surface area contributed by atoms with Gasteiger partial charge in [-0.25, -0.2) is 0 Å². The van der Waals surface area contributed by atoms with Crippen LogP contribution in [0.25, 0.3) is 0 Å². The second-order valence-corrected chi connectivity index (χ2v) is 5.49. The maximum absolute atomic E-state index is 9.49. The fourth-order valence-electron chi connectivity index (χ4n) is 2.94. The zero-order valence-electron chi connectivity index (χ0n) is 10.7. The minimum atomic E-state index is -0.165. The topological polar surface area (TPSA) is 62.4 Å². The van der Waals surface area contributed by atoms with Gasteiger partial charge in [0.05, 0.1) is 6.10 Å². The third kappa shape index (κ3) is 2.51. The highest BCUT2D eigenvalue weighted by Crippen LogP contribution is 2.32. The van der Waals surface area contributed by atoms with Crippen molar-refractivity contribution in [1.29, 1.82) is 0 Å². The van der Waals surface area contributed by atoms with E-state index in [1.54, 1.807) is 0 Å². The Morgan fingerprint density at radius 2 is 1.78 bits per heavy atom. The molecule has 18 heavy (non-hydrogen) atoms. The van der Waals surface area contributed by atoms with Crippen LogP contribution in [-0.2, 0) is 0 Å². The van der Waals surface area contributed by atoms with Gasteiger partial charge in [-0.1, -0.05) is 24.4 Å². The number of nitrogens with zero attached hydrogens (tertiary/aromatic N) is 3. The molecule has 0 spiro atoms. The molecule has 3 rings (SSSR count). The number of aliphatic hydroxyl groups is 1. The van der Waals surface area contributed by atoms with Crippen molar-refractivity contribution in [2.75, 3.05) is 18.0 Å². The summed E-state index contributed by atoms with van der Waals surface area (Å²) in [5.41, 5.74) is 0. The number of hydrogen-bond acceptors (Lipinski definition) is 5. The Kier molecular flexibility index (Phi) is 3.50. The van der Waals surface area contributed by atoms with Crippen LogP contribution in [0.15, 0.2) is 4.52 Å². The van der Waals surface area contributed by atoms with E-state index in [9.17, 15) is 5.11 Å². The fraction of sp³-hybridized carbons (Fsp3) is 0.846. The molecular weight excluding hydrogens is 230 g/mol. The van der Waals surface area contributed by atoms with E-state index in [-0.39, 0.29) is 6.10 Å². The number of rotatable bonds is 2. The van der Waals surface area contributed by atoms with E-state index in [4.69, 9.17) is 4.52 Å². The minimum Gasteiger partial charge on any atom is -0.393 e. The lowest BCUT2D eigenvalue weighted by molar-refractivity contribution is 0.143. The van der Waals surface area contributed by atoms with Gasteiger partial charge in [0.15, 0.2) is 5.82 Å². The Morgan fingerprint density at radius 3 is 2.50 bits per heavy atom. The largest absolute Gasteiger partial charge is 0.393 e. The predicted octanol–water partition coefficient (Wildman–Crippen LogP) is 2.08. The smallest absolute Gasteiger partial charge is 0.324 e. The van der Waals surface area contributed by atoms with Gasteiger partial charge in [-0.05, 0) is 25.7 Å². The van der Waals surface area contributed by atoms with Crippen LogP contribution in [-0.4, -0.2) is 34.4 Å². The molecule has 2 heterocycles. The maximum atomic E-state index is 9.49. The lowest BCUT2D eigenvalue weighted by Crippen LogP contribution is -2.36. The van der Waals surface area contributed by atoms with E-state index < -0.39 is 0 Å². The van der Waals surface area contributed by atoms with Crippen molar-refractivity contribution in [2.24, 2.45) is 0 Å². The van der Waals surface area contributed by atoms with Crippen LogP contribution in [0, 0.1) is 0 Å². The third-order valence-electron chi connectivity index (χ3n) is 4.14. The number of hydrogen-bond donors (Lipinski definition) is 1. The molecule has 1 aromatic rings. The van der Waals surface area contributed by atoms with E-state index >= 15 is 0 Å². The summed E-state index contributed by atoms with van der Waals surface area (Å²) in [6.45, 7) is 1.63. The van der Waals surface area contributed by atoms with Gasteiger partial charge in [0.1, 0.15) is 0 Å². The lowest BCUT2D eigenvalue weighted by atomic mass is 9.89. The molecule has 0 aromatic carbocycles. The maximum Gasteiger partial charge on any atom is 0.324 e. The van der Waals surface area contributed by atoms with E-state index in [0.717, 1.165) is 31.8 Å². The molecule has 2 fully saturated rings. The van der Waals surface area contributed by atoms with Gasteiger partial charge < -0.3 is 14.5 Å². The molecule has 0 radical (unpaired) electrons. The van der Waals surface area contributed by atoms with Crippen LogP contribution in [0.3, 0.4) is 0 Å². The monoisotopic (exact) mass is 251 g/mol. The van der Waals surface area contributed by atoms with Crippen molar-refractivity contribution < 1.29 is 9.63 Å². The highest BCUT2D eigenvalue weighted by atomic mass is 16.5. The molecule has 0 bridgehead atoms. The highest BCUT2D eigenvalue weighted by Gasteiger charge is 2.25. The van der Waals surface area contributed by atoms with Gasteiger partial charge in [0.25, 0.3) is 0 Å². The minimum absolute atomic E-state index is 0.165. The molecule has 1 saturated carbocycles. The molecule has 100 valence electrons. The summed E-state index contributed by atoms with van der Waals surface area (Å²) >= 11 is 0. The Labute approximate surface area is 107 Å². The van der Waals surface area contributed by atoms with Crippen molar-refractivity contribution in [1.82, 2.24) is 10.1 Å². The van der Waals surface area contributed by atoms with Gasteiger partial charge in [-0.3, -0.25) is 0 Å². The van der Waals surface area contributed by atoms with Crippen molar-refractivity contribution in [3.05, 3.63) is 5.82 Å². The first-order chi connectivity index (χ1) is 8.83. The molecule has 1 N–H and O–H groups in total. The van der Waals surface area contributed by atoms with Crippen LogP contribution >= 0.6 is 0 Å². The standard InChI is InChI=1S/C13H21N3O2/c17-11-6-8-16(9-7-11)13-14-12(15-18-13)10-4-2-1-3-5-10/h10-11,17H,1-9H2.